The summed E-state index contributed by atoms with van der Waals surface area (Å²) >= 11 is 3.18. The molecule has 2 aromatic carbocycles. The molecule has 5 rings (SSSR count). The van der Waals surface area contributed by atoms with E-state index in [0.717, 1.165) is 49.6 Å². The molecule has 0 saturated carbocycles. The number of fused-ring (bicyclic) bond motifs is 3. The highest BCUT2D eigenvalue weighted by atomic mass is 32.2. The number of benzene rings is 2. The van der Waals surface area contributed by atoms with Gasteiger partial charge < -0.3 is 9.47 Å². The van der Waals surface area contributed by atoms with Gasteiger partial charge in [0.25, 0.3) is 5.56 Å². The number of ether oxygens (including phenoxy) is 2. The van der Waals surface area contributed by atoms with Crippen molar-refractivity contribution in [2.24, 2.45) is 5.92 Å². The Morgan fingerprint density at radius 2 is 2.03 bits per heavy atom. The molecule has 0 N–H and O–H groups in total. The maximum Gasteiger partial charge on any atom is 0.267 e. The fourth-order valence-electron chi connectivity index (χ4n) is 4.30. The van der Waals surface area contributed by atoms with Gasteiger partial charge in [-0.05, 0) is 53.8 Å². The average Bonchev–Trinajstić information content (AvgIpc) is 3.21. The molecule has 1 aliphatic heterocycles. The summed E-state index contributed by atoms with van der Waals surface area (Å²) in [5, 5.41) is 1.46. The number of nitrogens with zero attached hydrogens (tertiary/aromatic N) is 2. The first kappa shape index (κ1) is 23.1. The summed E-state index contributed by atoms with van der Waals surface area (Å²) < 4.78 is 13.1. The van der Waals surface area contributed by atoms with Crippen LogP contribution in [0.15, 0.2) is 58.5 Å². The standard InChI is InChI=1S/C27H28N2O3S2/c1-16(2)22-13-21-23(14-32-22)34-25-24(21)26(30)29(19-7-5-6-17(3)12-19)27(28-25)33-15-18-8-10-20(31-4)11-9-18/h5-12,16,22H,13-15H2,1-4H3/t22-/m0/s1. The summed E-state index contributed by atoms with van der Waals surface area (Å²) in [5.74, 6) is 1.93. The number of hydrogen-bond donors (Lipinski definition) is 0. The van der Waals surface area contributed by atoms with E-state index in [9.17, 15) is 4.79 Å². The molecule has 1 atom stereocenters. The van der Waals surface area contributed by atoms with Crippen molar-refractivity contribution in [2.45, 2.75) is 50.8 Å². The normalized spacial score (nSPS) is 15.6. The van der Waals surface area contributed by atoms with Crippen molar-refractivity contribution in [3.8, 4) is 11.4 Å². The van der Waals surface area contributed by atoms with Crippen molar-refractivity contribution in [2.75, 3.05) is 7.11 Å². The zero-order valence-corrected chi connectivity index (χ0v) is 21.5. The molecule has 0 saturated heterocycles. The summed E-state index contributed by atoms with van der Waals surface area (Å²) in [5.41, 5.74) is 4.24. The quantitative estimate of drug-likeness (QED) is 0.239. The number of hydrogen-bond acceptors (Lipinski definition) is 6. The molecular weight excluding hydrogens is 464 g/mol. The molecule has 5 nitrogen and oxygen atoms in total. The largest absolute Gasteiger partial charge is 0.497 e. The zero-order chi connectivity index (χ0) is 23.8. The van der Waals surface area contributed by atoms with Gasteiger partial charge in [-0.15, -0.1) is 11.3 Å². The van der Waals surface area contributed by atoms with Crippen molar-refractivity contribution in [1.29, 1.82) is 0 Å². The number of thiophene rings is 1. The first-order valence-electron chi connectivity index (χ1n) is 11.5. The molecule has 1 aliphatic rings. The van der Waals surface area contributed by atoms with Crippen LogP contribution in [0.3, 0.4) is 0 Å². The number of aromatic nitrogens is 2. The maximum absolute atomic E-state index is 14.0. The van der Waals surface area contributed by atoms with Crippen molar-refractivity contribution in [3.63, 3.8) is 0 Å². The summed E-state index contributed by atoms with van der Waals surface area (Å²) in [6, 6.07) is 16.1. The first-order chi connectivity index (χ1) is 16.4. The molecule has 0 bridgehead atoms. The topological polar surface area (TPSA) is 53.3 Å². The second kappa shape index (κ2) is 9.56. The van der Waals surface area contributed by atoms with Crippen LogP contribution in [-0.4, -0.2) is 22.8 Å². The lowest BCUT2D eigenvalue weighted by Gasteiger charge is -2.26. The van der Waals surface area contributed by atoms with Gasteiger partial charge in [-0.1, -0.05) is 49.9 Å². The van der Waals surface area contributed by atoms with Gasteiger partial charge in [0.1, 0.15) is 10.6 Å². The van der Waals surface area contributed by atoms with E-state index in [-0.39, 0.29) is 11.7 Å². The molecule has 176 valence electrons. The molecule has 0 amide bonds. The van der Waals surface area contributed by atoms with Crippen LogP contribution in [0.4, 0.5) is 0 Å². The Labute approximate surface area is 207 Å². The summed E-state index contributed by atoms with van der Waals surface area (Å²) in [6.07, 6.45) is 0.886. The zero-order valence-electron chi connectivity index (χ0n) is 19.8. The van der Waals surface area contributed by atoms with Gasteiger partial charge in [0.15, 0.2) is 5.16 Å². The Balaban J connectivity index is 1.62. The van der Waals surface area contributed by atoms with Crippen LogP contribution in [0, 0.1) is 12.8 Å². The van der Waals surface area contributed by atoms with Crippen LogP contribution < -0.4 is 10.3 Å². The molecule has 0 aliphatic carbocycles. The fourth-order valence-corrected chi connectivity index (χ4v) is 6.43. The van der Waals surface area contributed by atoms with Gasteiger partial charge >= 0.3 is 0 Å². The smallest absolute Gasteiger partial charge is 0.267 e. The van der Waals surface area contributed by atoms with E-state index in [0.29, 0.717) is 23.4 Å². The highest BCUT2D eigenvalue weighted by molar-refractivity contribution is 7.98. The van der Waals surface area contributed by atoms with Crippen molar-refractivity contribution in [1.82, 2.24) is 9.55 Å². The van der Waals surface area contributed by atoms with E-state index in [1.54, 1.807) is 34.8 Å². The van der Waals surface area contributed by atoms with Crippen molar-refractivity contribution >= 4 is 33.3 Å². The number of methoxy groups -OCH3 is 1. The monoisotopic (exact) mass is 492 g/mol. The Morgan fingerprint density at radius 3 is 2.74 bits per heavy atom. The van der Waals surface area contributed by atoms with Gasteiger partial charge in [-0.2, -0.15) is 0 Å². The molecule has 0 radical (unpaired) electrons. The maximum atomic E-state index is 14.0. The molecule has 2 aromatic heterocycles. The van der Waals surface area contributed by atoms with E-state index in [1.165, 1.54) is 0 Å². The second-order valence-electron chi connectivity index (χ2n) is 8.99. The average molecular weight is 493 g/mol. The highest BCUT2D eigenvalue weighted by Gasteiger charge is 2.28. The SMILES string of the molecule is COc1ccc(CSc2nc3sc4c(c3c(=O)n2-c2cccc(C)c2)C[C@@H](C(C)C)OC4)cc1. The number of aryl methyl sites for hydroxylation is 1. The Kier molecular flexibility index (Phi) is 6.51. The highest BCUT2D eigenvalue weighted by Crippen LogP contribution is 2.36. The fraction of sp³-hybridized carbons (Fsp3) is 0.333. The third-order valence-electron chi connectivity index (χ3n) is 6.24. The van der Waals surface area contributed by atoms with E-state index in [1.807, 2.05) is 55.5 Å². The minimum absolute atomic E-state index is 0.00902. The van der Waals surface area contributed by atoms with Gasteiger partial charge in [-0.3, -0.25) is 9.36 Å². The minimum atomic E-state index is 0.00902. The number of thioether (sulfide) groups is 1. The van der Waals surface area contributed by atoms with Crippen LogP contribution in [0.25, 0.3) is 15.9 Å². The van der Waals surface area contributed by atoms with Crippen molar-refractivity contribution < 1.29 is 9.47 Å². The molecule has 3 heterocycles. The minimum Gasteiger partial charge on any atom is -0.497 e. The van der Waals surface area contributed by atoms with Crippen LogP contribution in [-0.2, 0) is 23.5 Å². The van der Waals surface area contributed by atoms with Crippen LogP contribution in [0.5, 0.6) is 5.75 Å². The second-order valence-corrected chi connectivity index (χ2v) is 11.0. The summed E-state index contributed by atoms with van der Waals surface area (Å²) in [4.78, 5) is 21.0. The van der Waals surface area contributed by atoms with Gasteiger partial charge in [0.2, 0.25) is 0 Å². The summed E-state index contributed by atoms with van der Waals surface area (Å²) in [7, 11) is 1.67. The van der Waals surface area contributed by atoms with E-state index in [2.05, 4.69) is 13.8 Å². The summed E-state index contributed by atoms with van der Waals surface area (Å²) in [6.45, 7) is 6.93. The predicted molar refractivity (Wildman–Crippen MR) is 140 cm³/mol. The molecule has 34 heavy (non-hydrogen) atoms. The molecule has 0 fully saturated rings. The van der Waals surface area contributed by atoms with Gasteiger partial charge in [0, 0.05) is 17.1 Å². The molecule has 4 aromatic rings. The lowest BCUT2D eigenvalue weighted by Crippen LogP contribution is -2.28. The van der Waals surface area contributed by atoms with Gasteiger partial charge in [-0.25, -0.2) is 4.98 Å². The predicted octanol–water partition coefficient (Wildman–Crippen LogP) is 6.15. The Hall–Kier alpha value is -2.61. The molecule has 0 spiro atoms. The lowest BCUT2D eigenvalue weighted by molar-refractivity contribution is 0.00200. The Bertz CT molecular complexity index is 1390. The number of rotatable bonds is 6. The van der Waals surface area contributed by atoms with Crippen molar-refractivity contribution in [3.05, 3.63) is 80.5 Å². The third-order valence-corrected chi connectivity index (χ3v) is 8.35. The van der Waals surface area contributed by atoms with E-state index in [4.69, 9.17) is 14.5 Å². The van der Waals surface area contributed by atoms with Crippen LogP contribution in [0.2, 0.25) is 0 Å². The third kappa shape index (κ3) is 4.40. The molecule has 0 unspecified atom stereocenters. The lowest BCUT2D eigenvalue weighted by atomic mass is 9.96. The van der Waals surface area contributed by atoms with Crippen LogP contribution >= 0.6 is 23.1 Å². The van der Waals surface area contributed by atoms with E-state index >= 15 is 0 Å². The molecule has 7 heteroatoms. The van der Waals surface area contributed by atoms with Crippen LogP contribution in [0.1, 0.15) is 35.4 Å². The van der Waals surface area contributed by atoms with Gasteiger partial charge in [0.05, 0.1) is 30.9 Å². The van der Waals surface area contributed by atoms with E-state index < -0.39 is 0 Å². The molecular formula is C27H28N2O3S2. The first-order valence-corrected chi connectivity index (χ1v) is 13.3. The Morgan fingerprint density at radius 1 is 1.24 bits per heavy atom.